The summed E-state index contributed by atoms with van der Waals surface area (Å²) >= 11 is 1.41. The molecule has 3 aromatic rings. The Balaban J connectivity index is 1.98. The number of para-hydroxylation sites is 1. The van der Waals surface area contributed by atoms with Crippen molar-refractivity contribution in [3.05, 3.63) is 58.6 Å². The van der Waals surface area contributed by atoms with Crippen LogP contribution in [-0.4, -0.2) is 12.1 Å². The summed E-state index contributed by atoms with van der Waals surface area (Å²) in [4.78, 5) is 4.47. The lowest BCUT2D eigenvalue weighted by Gasteiger charge is -2.03. The second kappa shape index (κ2) is 6.29. The molecule has 0 N–H and O–H groups in total. The minimum atomic E-state index is 0.493. The number of hydrogen-bond donors (Lipinski definition) is 0. The van der Waals surface area contributed by atoms with Crippen molar-refractivity contribution in [1.29, 1.82) is 5.26 Å². The number of aromatic nitrogens is 1. The van der Waals surface area contributed by atoms with Crippen LogP contribution in [0.4, 0.5) is 0 Å². The van der Waals surface area contributed by atoms with E-state index in [0.29, 0.717) is 16.3 Å². The van der Waals surface area contributed by atoms with E-state index in [9.17, 15) is 5.26 Å². The number of thiazole rings is 1. The summed E-state index contributed by atoms with van der Waals surface area (Å²) in [6, 6.07) is 13.4. The number of nitrogens with zero attached hydrogens (tertiary/aromatic N) is 2. The molecule has 22 heavy (non-hydrogen) atoms. The van der Waals surface area contributed by atoms with E-state index in [1.165, 1.54) is 11.3 Å². The molecule has 0 aliphatic rings. The fraction of sp³-hybridized carbons (Fsp3) is 0.0588. The van der Waals surface area contributed by atoms with Crippen molar-refractivity contribution in [2.75, 3.05) is 7.11 Å². The van der Waals surface area contributed by atoms with Crippen molar-refractivity contribution >= 4 is 23.0 Å². The molecule has 0 saturated heterocycles. The Labute approximate surface area is 131 Å². The third-order valence-electron chi connectivity index (χ3n) is 3.07. The molecule has 3 rings (SSSR count). The van der Waals surface area contributed by atoms with Gasteiger partial charge in [-0.3, -0.25) is 0 Å². The van der Waals surface area contributed by atoms with Gasteiger partial charge in [0.25, 0.3) is 0 Å². The minimum Gasteiger partial charge on any atom is -0.496 e. The highest BCUT2D eigenvalue weighted by Gasteiger charge is 2.11. The summed E-state index contributed by atoms with van der Waals surface area (Å²) in [6.45, 7) is 0. The molecule has 1 aromatic carbocycles. The van der Waals surface area contributed by atoms with Crippen molar-refractivity contribution in [3.8, 4) is 23.3 Å². The monoisotopic (exact) mass is 308 g/mol. The van der Waals surface area contributed by atoms with E-state index in [1.807, 2.05) is 41.8 Å². The van der Waals surface area contributed by atoms with Gasteiger partial charge in [0.2, 0.25) is 0 Å². The molecule has 0 aliphatic carbocycles. The number of benzene rings is 1. The quantitative estimate of drug-likeness (QED) is 0.667. The van der Waals surface area contributed by atoms with E-state index in [0.717, 1.165) is 17.0 Å². The Bertz CT molecular complexity index is 842. The highest BCUT2D eigenvalue weighted by molar-refractivity contribution is 7.11. The van der Waals surface area contributed by atoms with Gasteiger partial charge in [-0.05, 0) is 24.3 Å². The van der Waals surface area contributed by atoms with Crippen LogP contribution >= 0.6 is 11.3 Å². The van der Waals surface area contributed by atoms with Crippen LogP contribution in [0.5, 0.6) is 5.75 Å². The zero-order valence-electron chi connectivity index (χ0n) is 11.8. The van der Waals surface area contributed by atoms with E-state index in [1.54, 1.807) is 19.4 Å². The molecule has 2 heterocycles. The van der Waals surface area contributed by atoms with Crippen LogP contribution in [-0.2, 0) is 0 Å². The SMILES string of the molecule is COc1ccccc1/C=C(\C#N)c1nc(-c2ccco2)cs1. The average molecular weight is 308 g/mol. The van der Waals surface area contributed by atoms with Crippen LogP contribution in [0.25, 0.3) is 23.1 Å². The average Bonchev–Trinajstić information content (AvgIpc) is 3.23. The molecule has 0 spiro atoms. The molecule has 0 unspecified atom stereocenters. The topological polar surface area (TPSA) is 59.0 Å². The fourth-order valence-electron chi connectivity index (χ4n) is 2.02. The number of rotatable bonds is 4. The normalized spacial score (nSPS) is 11.2. The second-order valence-corrected chi connectivity index (χ2v) is 5.29. The standard InChI is InChI=1S/C17H12N2O2S/c1-20-15-6-3-2-5-12(15)9-13(10-18)17-19-14(11-22-17)16-7-4-8-21-16/h2-9,11H,1H3/b13-9+. The van der Waals surface area contributed by atoms with Crippen LogP contribution in [0.2, 0.25) is 0 Å². The Morgan fingerprint density at radius 2 is 2.18 bits per heavy atom. The number of allylic oxidation sites excluding steroid dienone is 1. The predicted octanol–water partition coefficient (Wildman–Crippen LogP) is 4.48. The van der Waals surface area contributed by atoms with Crippen molar-refractivity contribution in [2.24, 2.45) is 0 Å². The molecule has 0 radical (unpaired) electrons. The molecular formula is C17H12N2O2S. The molecule has 0 atom stereocenters. The first kappa shape index (κ1) is 14.1. The minimum absolute atomic E-state index is 0.493. The maximum atomic E-state index is 9.43. The van der Waals surface area contributed by atoms with Crippen molar-refractivity contribution < 1.29 is 9.15 Å². The molecule has 108 valence electrons. The molecule has 4 nitrogen and oxygen atoms in total. The van der Waals surface area contributed by atoms with Gasteiger partial charge in [-0.1, -0.05) is 18.2 Å². The molecule has 0 saturated carbocycles. The molecule has 0 fully saturated rings. The van der Waals surface area contributed by atoms with Crippen LogP contribution < -0.4 is 4.74 Å². The van der Waals surface area contributed by atoms with Gasteiger partial charge in [-0.15, -0.1) is 11.3 Å². The van der Waals surface area contributed by atoms with Crippen molar-refractivity contribution in [3.63, 3.8) is 0 Å². The predicted molar refractivity (Wildman–Crippen MR) is 86.3 cm³/mol. The number of hydrogen-bond acceptors (Lipinski definition) is 5. The Kier molecular flexibility index (Phi) is 4.03. The highest BCUT2D eigenvalue weighted by Crippen LogP contribution is 2.29. The molecule has 2 aromatic heterocycles. The number of furan rings is 1. The largest absolute Gasteiger partial charge is 0.496 e. The van der Waals surface area contributed by atoms with Crippen molar-refractivity contribution in [1.82, 2.24) is 4.98 Å². The van der Waals surface area contributed by atoms with E-state index >= 15 is 0 Å². The van der Waals surface area contributed by atoms with Crippen LogP contribution in [0, 0.1) is 11.3 Å². The summed E-state index contributed by atoms with van der Waals surface area (Å²) in [5.74, 6) is 1.41. The molecular weight excluding hydrogens is 296 g/mol. The molecule has 0 bridgehead atoms. The first-order valence-corrected chi connectivity index (χ1v) is 7.44. The summed E-state index contributed by atoms with van der Waals surface area (Å²) in [5, 5.41) is 12.0. The summed E-state index contributed by atoms with van der Waals surface area (Å²) in [6.07, 6.45) is 3.38. The van der Waals surface area contributed by atoms with Gasteiger partial charge in [0.05, 0.1) is 18.9 Å². The third-order valence-corrected chi connectivity index (χ3v) is 3.94. The van der Waals surface area contributed by atoms with E-state index < -0.39 is 0 Å². The molecule has 0 amide bonds. The van der Waals surface area contributed by atoms with Crippen LogP contribution in [0.3, 0.4) is 0 Å². The third kappa shape index (κ3) is 2.78. The van der Waals surface area contributed by atoms with Gasteiger partial charge in [-0.25, -0.2) is 4.98 Å². The smallest absolute Gasteiger partial charge is 0.153 e. The van der Waals surface area contributed by atoms with E-state index in [-0.39, 0.29) is 0 Å². The van der Waals surface area contributed by atoms with Gasteiger partial charge in [0.1, 0.15) is 22.5 Å². The summed E-state index contributed by atoms with van der Waals surface area (Å²) in [5.41, 5.74) is 2.06. The number of nitriles is 1. The lowest BCUT2D eigenvalue weighted by molar-refractivity contribution is 0.414. The van der Waals surface area contributed by atoms with Gasteiger partial charge in [-0.2, -0.15) is 5.26 Å². The molecule has 0 aliphatic heterocycles. The zero-order chi connectivity index (χ0) is 15.4. The summed E-state index contributed by atoms with van der Waals surface area (Å²) in [7, 11) is 1.61. The highest BCUT2D eigenvalue weighted by atomic mass is 32.1. The number of methoxy groups -OCH3 is 1. The summed E-state index contributed by atoms with van der Waals surface area (Å²) < 4.78 is 10.6. The zero-order valence-corrected chi connectivity index (χ0v) is 12.6. The van der Waals surface area contributed by atoms with Crippen LogP contribution in [0.15, 0.2) is 52.5 Å². The maximum absolute atomic E-state index is 9.43. The fourth-order valence-corrected chi connectivity index (χ4v) is 2.79. The van der Waals surface area contributed by atoms with Gasteiger partial charge < -0.3 is 9.15 Å². The number of ether oxygens (including phenoxy) is 1. The van der Waals surface area contributed by atoms with Gasteiger partial charge in [0, 0.05) is 10.9 Å². The Morgan fingerprint density at radius 1 is 1.32 bits per heavy atom. The first-order chi connectivity index (χ1) is 10.8. The van der Waals surface area contributed by atoms with Gasteiger partial charge in [0.15, 0.2) is 5.76 Å². The van der Waals surface area contributed by atoms with E-state index in [4.69, 9.17) is 9.15 Å². The Morgan fingerprint density at radius 3 is 2.91 bits per heavy atom. The maximum Gasteiger partial charge on any atom is 0.153 e. The van der Waals surface area contributed by atoms with E-state index in [2.05, 4.69) is 11.1 Å². The Hall–Kier alpha value is -2.84. The van der Waals surface area contributed by atoms with Crippen molar-refractivity contribution in [2.45, 2.75) is 0 Å². The van der Waals surface area contributed by atoms with Gasteiger partial charge >= 0.3 is 0 Å². The lowest BCUT2D eigenvalue weighted by atomic mass is 10.1. The first-order valence-electron chi connectivity index (χ1n) is 6.56. The molecule has 5 heteroatoms. The van der Waals surface area contributed by atoms with Crippen LogP contribution in [0.1, 0.15) is 10.6 Å². The second-order valence-electron chi connectivity index (χ2n) is 4.43. The lowest BCUT2D eigenvalue weighted by Crippen LogP contribution is -1.87.